The molecule has 0 radical (unpaired) electrons. The predicted octanol–water partition coefficient (Wildman–Crippen LogP) is 6.45. The smallest absolute Gasteiger partial charge is 0.0383 e. The van der Waals surface area contributed by atoms with E-state index < -0.39 is 0 Å². The Kier molecular flexibility index (Phi) is 9.00. The van der Waals surface area contributed by atoms with Gasteiger partial charge in [-0.05, 0) is 30.1 Å². The molecular formula is C17H36. The second kappa shape index (κ2) is 9.00. The van der Waals surface area contributed by atoms with Gasteiger partial charge in [-0.25, -0.2) is 0 Å². The van der Waals surface area contributed by atoms with Crippen LogP contribution >= 0.6 is 0 Å². The van der Waals surface area contributed by atoms with E-state index in [0.29, 0.717) is 5.41 Å². The fraction of sp³-hybridized carbons (Fsp3) is 1.00. The lowest BCUT2D eigenvalue weighted by Gasteiger charge is -2.22. The molecule has 0 aromatic rings. The molecule has 0 nitrogen and oxygen atoms in total. The molecule has 0 saturated heterocycles. The Morgan fingerprint density at radius 3 is 1.88 bits per heavy atom. The summed E-state index contributed by atoms with van der Waals surface area (Å²) < 4.78 is 0. The maximum Gasteiger partial charge on any atom is -0.0383 e. The van der Waals surface area contributed by atoms with Gasteiger partial charge in [0.05, 0.1) is 0 Å². The molecule has 0 saturated carbocycles. The van der Waals surface area contributed by atoms with E-state index >= 15 is 0 Å². The van der Waals surface area contributed by atoms with E-state index in [9.17, 15) is 0 Å². The molecule has 0 aromatic carbocycles. The van der Waals surface area contributed by atoms with Crippen LogP contribution < -0.4 is 0 Å². The molecular weight excluding hydrogens is 204 g/mol. The average molecular weight is 240 g/mol. The van der Waals surface area contributed by atoms with Crippen molar-refractivity contribution in [3.63, 3.8) is 0 Å². The topological polar surface area (TPSA) is 0 Å². The van der Waals surface area contributed by atoms with Crippen molar-refractivity contribution < 1.29 is 0 Å². The Morgan fingerprint density at radius 2 is 1.41 bits per heavy atom. The van der Waals surface area contributed by atoms with Crippen LogP contribution in [0.3, 0.4) is 0 Å². The lowest BCUT2D eigenvalue weighted by atomic mass is 9.84. The van der Waals surface area contributed by atoms with Gasteiger partial charge in [-0.3, -0.25) is 0 Å². The fourth-order valence-corrected chi connectivity index (χ4v) is 2.35. The molecule has 0 aliphatic carbocycles. The van der Waals surface area contributed by atoms with Crippen molar-refractivity contribution in [2.45, 2.75) is 92.9 Å². The van der Waals surface area contributed by atoms with E-state index in [1.807, 2.05) is 0 Å². The summed E-state index contributed by atoms with van der Waals surface area (Å²) in [5, 5.41) is 0. The summed E-state index contributed by atoms with van der Waals surface area (Å²) in [6.45, 7) is 14.1. The van der Waals surface area contributed by atoms with E-state index in [4.69, 9.17) is 0 Å². The first-order chi connectivity index (χ1) is 7.85. The molecule has 17 heavy (non-hydrogen) atoms. The minimum atomic E-state index is 0.519. The van der Waals surface area contributed by atoms with Crippen molar-refractivity contribution in [2.75, 3.05) is 0 Å². The Labute approximate surface area is 111 Å². The molecule has 0 rings (SSSR count). The van der Waals surface area contributed by atoms with Crippen molar-refractivity contribution in [3.8, 4) is 0 Å². The summed E-state index contributed by atoms with van der Waals surface area (Å²) in [6.07, 6.45) is 11.4. The van der Waals surface area contributed by atoms with Crippen LogP contribution in [0.4, 0.5) is 0 Å². The highest BCUT2D eigenvalue weighted by Crippen LogP contribution is 2.27. The van der Waals surface area contributed by atoms with Gasteiger partial charge in [0.1, 0.15) is 0 Å². The van der Waals surface area contributed by atoms with E-state index in [2.05, 4.69) is 41.5 Å². The van der Waals surface area contributed by atoms with E-state index in [-0.39, 0.29) is 0 Å². The number of hydrogen-bond acceptors (Lipinski definition) is 0. The summed E-state index contributed by atoms with van der Waals surface area (Å²) in [5.41, 5.74) is 0.519. The van der Waals surface area contributed by atoms with Crippen LogP contribution in [-0.2, 0) is 0 Å². The zero-order valence-corrected chi connectivity index (χ0v) is 13.3. The highest BCUT2D eigenvalue weighted by Gasteiger charge is 2.13. The Balaban J connectivity index is 3.55. The van der Waals surface area contributed by atoms with Gasteiger partial charge in [0.25, 0.3) is 0 Å². The van der Waals surface area contributed by atoms with E-state index in [0.717, 1.165) is 11.8 Å². The lowest BCUT2D eigenvalue weighted by molar-refractivity contribution is 0.303. The summed E-state index contributed by atoms with van der Waals surface area (Å²) >= 11 is 0. The third kappa shape index (κ3) is 12.2. The van der Waals surface area contributed by atoms with Crippen molar-refractivity contribution in [1.82, 2.24) is 0 Å². The van der Waals surface area contributed by atoms with Crippen LogP contribution in [0.25, 0.3) is 0 Å². The second-order valence-electron chi connectivity index (χ2n) is 7.41. The number of hydrogen-bond donors (Lipinski definition) is 0. The van der Waals surface area contributed by atoms with Crippen LogP contribution in [0.5, 0.6) is 0 Å². The van der Waals surface area contributed by atoms with Gasteiger partial charge in [-0.15, -0.1) is 0 Å². The average Bonchev–Trinajstić information content (AvgIpc) is 2.20. The molecule has 104 valence electrons. The molecule has 0 N–H and O–H groups in total. The lowest BCUT2D eigenvalue weighted by Crippen LogP contribution is -2.09. The normalized spacial score (nSPS) is 14.3. The minimum absolute atomic E-state index is 0.519. The first-order valence-electron chi connectivity index (χ1n) is 7.85. The molecule has 0 spiro atoms. The number of unbranched alkanes of at least 4 members (excludes halogenated alkanes) is 2. The van der Waals surface area contributed by atoms with E-state index in [1.165, 1.54) is 51.4 Å². The van der Waals surface area contributed by atoms with Gasteiger partial charge in [-0.1, -0.05) is 80.1 Å². The standard InChI is InChI=1S/C17H36/c1-7-16(13-14-17(4,5)6)12-10-8-9-11-15(2)3/h15-16H,7-14H2,1-6H3/t16-/m1/s1. The summed E-state index contributed by atoms with van der Waals surface area (Å²) in [6, 6.07) is 0. The largest absolute Gasteiger partial charge is 0.0651 e. The molecule has 0 heterocycles. The summed E-state index contributed by atoms with van der Waals surface area (Å²) in [5.74, 6) is 1.87. The van der Waals surface area contributed by atoms with Crippen LogP contribution in [0, 0.1) is 17.3 Å². The van der Waals surface area contributed by atoms with Crippen LogP contribution in [0.1, 0.15) is 92.9 Å². The first-order valence-corrected chi connectivity index (χ1v) is 7.85. The fourth-order valence-electron chi connectivity index (χ4n) is 2.35. The van der Waals surface area contributed by atoms with Crippen molar-refractivity contribution in [2.24, 2.45) is 17.3 Å². The molecule has 0 heteroatoms. The Bertz CT molecular complexity index is 161. The molecule has 0 amide bonds. The van der Waals surface area contributed by atoms with Gasteiger partial charge in [0.2, 0.25) is 0 Å². The van der Waals surface area contributed by atoms with Crippen LogP contribution in [0.2, 0.25) is 0 Å². The molecule has 0 bridgehead atoms. The molecule has 0 aliphatic rings. The first kappa shape index (κ1) is 17.0. The number of rotatable bonds is 9. The van der Waals surface area contributed by atoms with Crippen LogP contribution in [0.15, 0.2) is 0 Å². The Hall–Kier alpha value is 0. The third-order valence-electron chi connectivity index (χ3n) is 3.77. The third-order valence-corrected chi connectivity index (χ3v) is 3.77. The minimum Gasteiger partial charge on any atom is -0.0651 e. The maximum atomic E-state index is 2.36. The van der Waals surface area contributed by atoms with Crippen molar-refractivity contribution in [1.29, 1.82) is 0 Å². The summed E-state index contributed by atoms with van der Waals surface area (Å²) in [7, 11) is 0. The highest BCUT2D eigenvalue weighted by atomic mass is 14.2. The molecule has 0 aromatic heterocycles. The summed E-state index contributed by atoms with van der Waals surface area (Å²) in [4.78, 5) is 0. The second-order valence-corrected chi connectivity index (χ2v) is 7.41. The molecule has 1 atom stereocenters. The van der Waals surface area contributed by atoms with Gasteiger partial charge in [0.15, 0.2) is 0 Å². The van der Waals surface area contributed by atoms with Gasteiger partial charge >= 0.3 is 0 Å². The van der Waals surface area contributed by atoms with E-state index in [1.54, 1.807) is 0 Å². The monoisotopic (exact) mass is 240 g/mol. The molecule has 0 unspecified atom stereocenters. The van der Waals surface area contributed by atoms with Crippen molar-refractivity contribution >= 4 is 0 Å². The van der Waals surface area contributed by atoms with Gasteiger partial charge in [-0.2, -0.15) is 0 Å². The molecule has 0 fully saturated rings. The quantitative estimate of drug-likeness (QED) is 0.406. The highest BCUT2D eigenvalue weighted by molar-refractivity contribution is 4.66. The maximum absolute atomic E-state index is 2.36. The zero-order valence-electron chi connectivity index (χ0n) is 13.3. The van der Waals surface area contributed by atoms with Gasteiger partial charge < -0.3 is 0 Å². The predicted molar refractivity (Wildman–Crippen MR) is 80.4 cm³/mol. The zero-order chi connectivity index (χ0) is 13.3. The Morgan fingerprint density at radius 1 is 0.824 bits per heavy atom. The molecule has 0 aliphatic heterocycles. The SMILES string of the molecule is CC[C@H](CCCCCC(C)C)CCC(C)(C)C. The van der Waals surface area contributed by atoms with Crippen LogP contribution in [-0.4, -0.2) is 0 Å². The van der Waals surface area contributed by atoms with Crippen molar-refractivity contribution in [3.05, 3.63) is 0 Å². The van der Waals surface area contributed by atoms with Gasteiger partial charge in [0, 0.05) is 0 Å².